The predicted molar refractivity (Wildman–Crippen MR) is 139 cm³/mol. The van der Waals surface area contributed by atoms with Crippen molar-refractivity contribution in [3.63, 3.8) is 0 Å². The lowest BCUT2D eigenvalue weighted by molar-refractivity contribution is -0.115. The number of nitrogens with one attached hydrogen (secondary N) is 2. The van der Waals surface area contributed by atoms with Gasteiger partial charge < -0.3 is 20.1 Å². The van der Waals surface area contributed by atoms with E-state index in [1.54, 1.807) is 18.2 Å². The molecule has 0 radical (unpaired) electrons. The molecule has 178 valence electrons. The fraction of sp³-hybridized carbons (Fsp3) is 0.231. The SMILES string of the molecule is CCC(Sc1cccc(NC(=O)c2ccccc2C)c1)C(=O)Nc1cc(Cl)c(OC)cc1OC. The molecular formula is C26H27ClN2O4S. The second-order valence-electron chi connectivity index (χ2n) is 7.49. The third kappa shape index (κ3) is 6.24. The van der Waals surface area contributed by atoms with E-state index in [0.717, 1.165) is 10.5 Å². The molecule has 0 bridgehead atoms. The molecule has 3 aromatic rings. The Morgan fingerprint density at radius 1 is 0.971 bits per heavy atom. The summed E-state index contributed by atoms with van der Waals surface area (Å²) in [4.78, 5) is 26.6. The number of amides is 2. The molecule has 0 spiro atoms. The van der Waals surface area contributed by atoms with Gasteiger partial charge in [-0.15, -0.1) is 11.8 Å². The summed E-state index contributed by atoms with van der Waals surface area (Å²) in [6.07, 6.45) is 0.600. The molecule has 0 aliphatic carbocycles. The topological polar surface area (TPSA) is 76.7 Å². The number of carbonyl (C=O) groups is 2. The van der Waals surface area contributed by atoms with Gasteiger partial charge in [0.15, 0.2) is 0 Å². The fourth-order valence-electron chi connectivity index (χ4n) is 3.33. The van der Waals surface area contributed by atoms with Crippen molar-refractivity contribution in [3.05, 3.63) is 76.8 Å². The minimum absolute atomic E-state index is 0.173. The van der Waals surface area contributed by atoms with Gasteiger partial charge in [-0.05, 0) is 49.2 Å². The fourth-order valence-corrected chi connectivity index (χ4v) is 4.58. The largest absolute Gasteiger partial charge is 0.495 e. The lowest BCUT2D eigenvalue weighted by atomic mass is 10.1. The van der Waals surface area contributed by atoms with E-state index in [2.05, 4.69) is 10.6 Å². The number of aryl methyl sites for hydroxylation is 1. The van der Waals surface area contributed by atoms with Crippen LogP contribution >= 0.6 is 23.4 Å². The lowest BCUT2D eigenvalue weighted by Gasteiger charge is -2.18. The first-order valence-corrected chi connectivity index (χ1v) is 12.0. The number of thioether (sulfide) groups is 1. The van der Waals surface area contributed by atoms with Crippen LogP contribution in [0.5, 0.6) is 11.5 Å². The maximum atomic E-state index is 13.0. The molecule has 0 saturated carbocycles. The molecule has 2 amide bonds. The van der Waals surface area contributed by atoms with Gasteiger partial charge in [0, 0.05) is 22.2 Å². The van der Waals surface area contributed by atoms with Gasteiger partial charge >= 0.3 is 0 Å². The first kappa shape index (κ1) is 25.5. The van der Waals surface area contributed by atoms with Gasteiger partial charge in [-0.25, -0.2) is 0 Å². The summed E-state index contributed by atoms with van der Waals surface area (Å²) in [6.45, 7) is 3.84. The van der Waals surface area contributed by atoms with E-state index < -0.39 is 0 Å². The Morgan fingerprint density at radius 2 is 1.71 bits per heavy atom. The first-order chi connectivity index (χ1) is 16.4. The molecule has 3 aromatic carbocycles. The van der Waals surface area contributed by atoms with Crippen molar-refractivity contribution in [2.45, 2.75) is 30.4 Å². The second-order valence-corrected chi connectivity index (χ2v) is 9.17. The van der Waals surface area contributed by atoms with Crippen molar-refractivity contribution >= 4 is 46.6 Å². The van der Waals surface area contributed by atoms with Gasteiger partial charge in [-0.3, -0.25) is 9.59 Å². The van der Waals surface area contributed by atoms with Crippen molar-refractivity contribution in [1.82, 2.24) is 0 Å². The molecule has 3 rings (SSSR count). The van der Waals surface area contributed by atoms with Gasteiger partial charge in [0.2, 0.25) is 5.91 Å². The van der Waals surface area contributed by atoms with Crippen LogP contribution in [-0.4, -0.2) is 31.3 Å². The Balaban J connectivity index is 1.72. The van der Waals surface area contributed by atoms with Crippen LogP contribution in [0, 0.1) is 6.92 Å². The van der Waals surface area contributed by atoms with E-state index in [-0.39, 0.29) is 17.1 Å². The second kappa shape index (κ2) is 11.8. The summed E-state index contributed by atoms with van der Waals surface area (Å²) in [6, 6.07) is 18.1. The minimum Gasteiger partial charge on any atom is -0.495 e. The molecule has 0 aromatic heterocycles. The summed E-state index contributed by atoms with van der Waals surface area (Å²) in [5, 5.41) is 5.84. The third-order valence-corrected chi connectivity index (χ3v) is 6.81. The molecule has 1 atom stereocenters. The van der Waals surface area contributed by atoms with E-state index >= 15 is 0 Å². The summed E-state index contributed by atoms with van der Waals surface area (Å²) in [5.41, 5.74) is 2.66. The molecule has 8 heteroatoms. The van der Waals surface area contributed by atoms with Crippen LogP contribution in [0.4, 0.5) is 11.4 Å². The Bertz CT molecular complexity index is 1190. The number of methoxy groups -OCH3 is 2. The number of ether oxygens (including phenoxy) is 2. The van der Waals surface area contributed by atoms with Crippen molar-refractivity contribution in [2.75, 3.05) is 24.9 Å². The summed E-state index contributed by atoms with van der Waals surface area (Å²) >= 11 is 7.65. The molecule has 0 fully saturated rings. The number of hydrogen-bond donors (Lipinski definition) is 2. The highest BCUT2D eigenvalue weighted by molar-refractivity contribution is 8.00. The minimum atomic E-state index is -0.368. The van der Waals surface area contributed by atoms with Gasteiger partial charge in [-0.2, -0.15) is 0 Å². The quantitative estimate of drug-likeness (QED) is 0.332. The maximum absolute atomic E-state index is 13.0. The van der Waals surface area contributed by atoms with Crippen molar-refractivity contribution in [1.29, 1.82) is 0 Å². The van der Waals surface area contributed by atoms with Gasteiger partial charge in [0.1, 0.15) is 11.5 Å². The number of rotatable bonds is 9. The standard InChI is InChI=1S/C26H27ClN2O4S/c1-5-24(26(31)29-21-14-20(27)22(32-3)15-23(21)33-4)34-18-11-8-10-17(13-18)28-25(30)19-12-7-6-9-16(19)2/h6-15,24H,5H2,1-4H3,(H,28,30)(H,29,31). The number of benzene rings is 3. The van der Waals surface area contributed by atoms with Crippen LogP contribution in [0.1, 0.15) is 29.3 Å². The zero-order valence-electron chi connectivity index (χ0n) is 19.5. The number of anilines is 2. The maximum Gasteiger partial charge on any atom is 0.255 e. The molecule has 34 heavy (non-hydrogen) atoms. The summed E-state index contributed by atoms with van der Waals surface area (Å²) in [7, 11) is 3.03. The zero-order valence-corrected chi connectivity index (χ0v) is 21.0. The highest BCUT2D eigenvalue weighted by Gasteiger charge is 2.21. The van der Waals surface area contributed by atoms with Crippen molar-refractivity contribution in [2.24, 2.45) is 0 Å². The molecule has 0 aliphatic rings. The number of carbonyl (C=O) groups excluding carboxylic acids is 2. The molecule has 1 unspecified atom stereocenters. The van der Waals surface area contributed by atoms with E-state index in [0.29, 0.717) is 39.9 Å². The lowest BCUT2D eigenvalue weighted by Crippen LogP contribution is -2.24. The molecule has 0 saturated heterocycles. The normalized spacial score (nSPS) is 11.4. The number of hydrogen-bond acceptors (Lipinski definition) is 5. The van der Waals surface area contributed by atoms with Crippen molar-refractivity contribution < 1.29 is 19.1 Å². The van der Waals surface area contributed by atoms with Crippen molar-refractivity contribution in [3.8, 4) is 11.5 Å². The Labute approximate surface area is 209 Å². The Morgan fingerprint density at radius 3 is 2.38 bits per heavy atom. The van der Waals surface area contributed by atoms with Crippen LogP contribution in [0.2, 0.25) is 5.02 Å². The van der Waals surface area contributed by atoms with Gasteiger partial charge in [0.25, 0.3) is 5.91 Å². The van der Waals surface area contributed by atoms with E-state index in [4.69, 9.17) is 21.1 Å². The molecule has 6 nitrogen and oxygen atoms in total. The number of halogens is 1. The molecule has 0 heterocycles. The molecule has 0 aliphatic heterocycles. The first-order valence-electron chi connectivity index (χ1n) is 10.7. The van der Waals surface area contributed by atoms with Gasteiger partial charge in [0.05, 0.1) is 30.2 Å². The van der Waals surface area contributed by atoms with Gasteiger partial charge in [-0.1, -0.05) is 42.8 Å². The monoisotopic (exact) mass is 498 g/mol. The van der Waals surface area contributed by atoms with Crippen LogP contribution in [0.15, 0.2) is 65.6 Å². The average molecular weight is 499 g/mol. The summed E-state index contributed by atoms with van der Waals surface area (Å²) < 4.78 is 10.6. The van der Waals surface area contributed by atoms with E-state index in [1.165, 1.54) is 26.0 Å². The zero-order chi connectivity index (χ0) is 24.7. The van der Waals surface area contributed by atoms with E-state index in [9.17, 15) is 9.59 Å². The highest BCUT2D eigenvalue weighted by atomic mass is 35.5. The van der Waals surface area contributed by atoms with E-state index in [1.807, 2.05) is 56.3 Å². The third-order valence-electron chi connectivity index (χ3n) is 5.15. The summed E-state index contributed by atoms with van der Waals surface area (Å²) in [5.74, 6) is 0.563. The molecular weight excluding hydrogens is 472 g/mol. The Hall–Kier alpha value is -3.16. The molecule has 2 N–H and O–H groups in total. The van der Waals surface area contributed by atoms with Crippen LogP contribution < -0.4 is 20.1 Å². The Kier molecular flexibility index (Phi) is 8.85. The average Bonchev–Trinajstić information content (AvgIpc) is 2.83. The highest BCUT2D eigenvalue weighted by Crippen LogP contribution is 2.37. The smallest absolute Gasteiger partial charge is 0.255 e. The predicted octanol–water partition coefficient (Wildman–Crippen LogP) is 6.43. The van der Waals surface area contributed by atoms with Crippen LogP contribution in [0.3, 0.4) is 0 Å². The van der Waals surface area contributed by atoms with Crippen LogP contribution in [-0.2, 0) is 4.79 Å². The van der Waals surface area contributed by atoms with Crippen LogP contribution in [0.25, 0.3) is 0 Å².